The second-order valence-corrected chi connectivity index (χ2v) is 8.49. The summed E-state index contributed by atoms with van der Waals surface area (Å²) in [5.74, 6) is -0.202. The SMILES string of the molecule is CC(C(=O)NC1CCCC1)N(Cc1ccc(Cl)cc1)C(=O)Cc1ccc(Cl)cc1. The van der Waals surface area contributed by atoms with Crippen LogP contribution in [0.3, 0.4) is 0 Å². The number of hydrogen-bond acceptors (Lipinski definition) is 2. The van der Waals surface area contributed by atoms with Crippen molar-refractivity contribution >= 4 is 35.0 Å². The maximum atomic E-state index is 13.1. The molecule has 1 saturated carbocycles. The number of rotatable bonds is 7. The fraction of sp³-hybridized carbons (Fsp3) is 0.391. The second kappa shape index (κ2) is 10.1. The maximum Gasteiger partial charge on any atom is 0.242 e. The molecule has 6 heteroatoms. The summed E-state index contributed by atoms with van der Waals surface area (Å²) < 4.78 is 0. The van der Waals surface area contributed by atoms with Crippen molar-refractivity contribution in [3.05, 3.63) is 69.7 Å². The molecule has 2 aromatic carbocycles. The first kappa shape index (κ1) is 21.7. The van der Waals surface area contributed by atoms with Crippen molar-refractivity contribution in [2.75, 3.05) is 0 Å². The summed E-state index contributed by atoms with van der Waals surface area (Å²) in [6.45, 7) is 2.14. The molecule has 1 atom stereocenters. The molecule has 3 rings (SSSR count). The molecule has 1 aliphatic carbocycles. The summed E-state index contributed by atoms with van der Waals surface area (Å²) in [5, 5.41) is 4.38. The highest BCUT2D eigenvalue weighted by Gasteiger charge is 2.28. The van der Waals surface area contributed by atoms with Gasteiger partial charge in [-0.25, -0.2) is 0 Å². The van der Waals surface area contributed by atoms with E-state index in [1.54, 1.807) is 36.1 Å². The minimum absolute atomic E-state index is 0.101. The first-order valence-corrected chi connectivity index (χ1v) is 10.8. The van der Waals surface area contributed by atoms with Crippen LogP contribution >= 0.6 is 23.2 Å². The first-order chi connectivity index (χ1) is 13.9. The third kappa shape index (κ3) is 6.22. The predicted molar refractivity (Wildman–Crippen MR) is 117 cm³/mol. The lowest BCUT2D eigenvalue weighted by Crippen LogP contribution is -2.50. The van der Waals surface area contributed by atoms with E-state index < -0.39 is 6.04 Å². The lowest BCUT2D eigenvalue weighted by atomic mass is 10.1. The van der Waals surface area contributed by atoms with E-state index in [9.17, 15) is 9.59 Å². The van der Waals surface area contributed by atoms with Crippen molar-refractivity contribution in [1.82, 2.24) is 10.2 Å². The van der Waals surface area contributed by atoms with Gasteiger partial charge in [-0.1, -0.05) is 60.3 Å². The van der Waals surface area contributed by atoms with Crippen LogP contribution in [0.2, 0.25) is 10.0 Å². The summed E-state index contributed by atoms with van der Waals surface area (Å²) >= 11 is 11.9. The van der Waals surface area contributed by atoms with Gasteiger partial charge in [-0.05, 0) is 55.2 Å². The van der Waals surface area contributed by atoms with Crippen LogP contribution in [0.4, 0.5) is 0 Å². The Kier molecular flexibility index (Phi) is 7.57. The Morgan fingerprint density at radius 1 is 0.966 bits per heavy atom. The van der Waals surface area contributed by atoms with Crippen LogP contribution in [0.5, 0.6) is 0 Å². The van der Waals surface area contributed by atoms with Crippen LogP contribution in [-0.2, 0) is 22.6 Å². The average Bonchev–Trinajstić information content (AvgIpc) is 3.21. The van der Waals surface area contributed by atoms with Gasteiger partial charge in [-0.3, -0.25) is 9.59 Å². The monoisotopic (exact) mass is 432 g/mol. The topological polar surface area (TPSA) is 49.4 Å². The fourth-order valence-corrected chi connectivity index (χ4v) is 3.89. The zero-order valence-electron chi connectivity index (χ0n) is 16.5. The molecular formula is C23H26Cl2N2O2. The van der Waals surface area contributed by atoms with E-state index in [4.69, 9.17) is 23.2 Å². The van der Waals surface area contributed by atoms with Crippen molar-refractivity contribution in [2.24, 2.45) is 0 Å². The molecule has 0 radical (unpaired) electrons. The maximum absolute atomic E-state index is 13.1. The van der Waals surface area contributed by atoms with Crippen molar-refractivity contribution in [3.63, 3.8) is 0 Å². The fourth-order valence-electron chi connectivity index (χ4n) is 3.64. The number of benzene rings is 2. The smallest absolute Gasteiger partial charge is 0.242 e. The Morgan fingerprint density at radius 3 is 2.03 bits per heavy atom. The van der Waals surface area contributed by atoms with Gasteiger partial charge in [0.1, 0.15) is 6.04 Å². The predicted octanol–water partition coefficient (Wildman–Crippen LogP) is 5.01. The standard InChI is InChI=1S/C23H26Cl2N2O2/c1-16(23(29)26-21-4-2-3-5-21)27(15-18-8-12-20(25)13-9-18)22(28)14-17-6-10-19(24)11-7-17/h6-13,16,21H,2-5,14-15H2,1H3,(H,26,29). The van der Waals surface area contributed by atoms with Gasteiger partial charge in [-0.15, -0.1) is 0 Å². The molecule has 1 unspecified atom stereocenters. The Morgan fingerprint density at radius 2 is 1.48 bits per heavy atom. The normalized spacial score (nSPS) is 15.1. The largest absolute Gasteiger partial charge is 0.352 e. The third-order valence-corrected chi connectivity index (χ3v) is 5.91. The highest BCUT2D eigenvalue weighted by Crippen LogP contribution is 2.19. The van der Waals surface area contributed by atoms with Crippen LogP contribution in [0.15, 0.2) is 48.5 Å². The van der Waals surface area contributed by atoms with E-state index in [-0.39, 0.29) is 24.3 Å². The van der Waals surface area contributed by atoms with Crippen molar-refractivity contribution < 1.29 is 9.59 Å². The van der Waals surface area contributed by atoms with Crippen LogP contribution in [0, 0.1) is 0 Å². The van der Waals surface area contributed by atoms with Crippen molar-refractivity contribution in [1.29, 1.82) is 0 Å². The Balaban J connectivity index is 1.75. The van der Waals surface area contributed by atoms with E-state index in [2.05, 4.69) is 5.32 Å². The molecule has 29 heavy (non-hydrogen) atoms. The van der Waals surface area contributed by atoms with Crippen LogP contribution in [0.1, 0.15) is 43.7 Å². The van der Waals surface area contributed by atoms with E-state index in [1.807, 2.05) is 24.3 Å². The third-order valence-electron chi connectivity index (χ3n) is 5.40. The number of halogens is 2. The molecule has 1 N–H and O–H groups in total. The van der Waals surface area contributed by atoms with Gasteiger partial charge in [0, 0.05) is 22.6 Å². The Bertz CT molecular complexity index is 831. The van der Waals surface area contributed by atoms with Crippen LogP contribution in [-0.4, -0.2) is 28.8 Å². The molecule has 1 aliphatic rings. The average molecular weight is 433 g/mol. The number of nitrogens with zero attached hydrogens (tertiary/aromatic N) is 1. The van der Waals surface area contributed by atoms with Gasteiger partial charge in [0.15, 0.2) is 0 Å². The first-order valence-electron chi connectivity index (χ1n) is 10.0. The molecular weight excluding hydrogens is 407 g/mol. The Labute approximate surface area is 182 Å². The van der Waals surface area contributed by atoms with Gasteiger partial charge in [0.25, 0.3) is 0 Å². The molecule has 2 aromatic rings. The molecule has 0 aliphatic heterocycles. The number of carbonyl (C=O) groups is 2. The van der Waals surface area contributed by atoms with E-state index >= 15 is 0 Å². The van der Waals surface area contributed by atoms with Crippen LogP contribution < -0.4 is 5.32 Å². The van der Waals surface area contributed by atoms with Crippen LogP contribution in [0.25, 0.3) is 0 Å². The van der Waals surface area contributed by atoms with Gasteiger partial charge >= 0.3 is 0 Å². The number of nitrogens with one attached hydrogen (secondary N) is 1. The lowest BCUT2D eigenvalue weighted by Gasteiger charge is -2.30. The molecule has 2 amide bonds. The Hall–Kier alpha value is -2.04. The van der Waals surface area contributed by atoms with E-state index in [0.717, 1.165) is 36.8 Å². The summed E-state index contributed by atoms with van der Waals surface area (Å²) in [5.41, 5.74) is 1.79. The summed E-state index contributed by atoms with van der Waals surface area (Å²) in [7, 11) is 0. The molecule has 0 bridgehead atoms. The molecule has 0 aromatic heterocycles. The van der Waals surface area contributed by atoms with Gasteiger partial charge in [0.2, 0.25) is 11.8 Å². The van der Waals surface area contributed by atoms with Gasteiger partial charge in [-0.2, -0.15) is 0 Å². The zero-order chi connectivity index (χ0) is 20.8. The highest BCUT2D eigenvalue weighted by atomic mass is 35.5. The van der Waals surface area contributed by atoms with Gasteiger partial charge < -0.3 is 10.2 Å². The molecule has 0 saturated heterocycles. The summed E-state index contributed by atoms with van der Waals surface area (Å²) in [6.07, 6.45) is 4.52. The molecule has 1 fully saturated rings. The summed E-state index contributed by atoms with van der Waals surface area (Å²) in [6, 6.07) is 14.2. The van der Waals surface area contributed by atoms with E-state index in [0.29, 0.717) is 16.6 Å². The molecule has 154 valence electrons. The molecule has 0 spiro atoms. The highest BCUT2D eigenvalue weighted by molar-refractivity contribution is 6.30. The second-order valence-electron chi connectivity index (χ2n) is 7.62. The minimum Gasteiger partial charge on any atom is -0.352 e. The number of hydrogen-bond donors (Lipinski definition) is 1. The van der Waals surface area contributed by atoms with Crippen molar-refractivity contribution in [3.8, 4) is 0 Å². The minimum atomic E-state index is -0.564. The van der Waals surface area contributed by atoms with E-state index in [1.165, 1.54) is 0 Å². The van der Waals surface area contributed by atoms with Gasteiger partial charge in [0.05, 0.1) is 6.42 Å². The zero-order valence-corrected chi connectivity index (χ0v) is 18.0. The quantitative estimate of drug-likeness (QED) is 0.667. The number of amides is 2. The lowest BCUT2D eigenvalue weighted by molar-refractivity contribution is -0.140. The molecule has 0 heterocycles. The summed E-state index contributed by atoms with van der Waals surface area (Å²) in [4.78, 5) is 27.6. The molecule has 4 nitrogen and oxygen atoms in total. The van der Waals surface area contributed by atoms with Crippen molar-refractivity contribution in [2.45, 2.75) is 57.7 Å². The number of carbonyl (C=O) groups excluding carboxylic acids is 2.